The molecule has 0 atom stereocenters. The SMILES string of the molecule is CCCCCCCC(=O)n1c(O)ccc1O. The highest BCUT2D eigenvalue weighted by Crippen LogP contribution is 2.21. The zero-order chi connectivity index (χ0) is 12.0. The summed E-state index contributed by atoms with van der Waals surface area (Å²) in [6, 6.07) is 2.62. The van der Waals surface area contributed by atoms with Crippen molar-refractivity contribution in [3.8, 4) is 11.8 Å². The number of carbonyl (C=O) groups excluding carboxylic acids is 1. The smallest absolute Gasteiger partial charge is 0.236 e. The molecule has 4 nitrogen and oxygen atoms in total. The number of hydrogen-bond donors (Lipinski definition) is 2. The molecule has 0 radical (unpaired) electrons. The van der Waals surface area contributed by atoms with Crippen LogP contribution >= 0.6 is 0 Å². The first-order chi connectivity index (χ1) is 7.66. The highest BCUT2D eigenvalue weighted by molar-refractivity contribution is 5.82. The summed E-state index contributed by atoms with van der Waals surface area (Å²) < 4.78 is 0.944. The van der Waals surface area contributed by atoms with Gasteiger partial charge in [0.05, 0.1) is 0 Å². The Morgan fingerprint density at radius 3 is 2.25 bits per heavy atom. The van der Waals surface area contributed by atoms with Crippen LogP contribution < -0.4 is 0 Å². The van der Waals surface area contributed by atoms with Crippen LogP contribution in [0.2, 0.25) is 0 Å². The molecular formula is C12H19NO3. The van der Waals surface area contributed by atoms with Gasteiger partial charge in [-0.1, -0.05) is 32.6 Å². The van der Waals surface area contributed by atoms with Gasteiger partial charge in [-0.3, -0.25) is 4.79 Å². The van der Waals surface area contributed by atoms with Gasteiger partial charge in [0, 0.05) is 18.6 Å². The highest BCUT2D eigenvalue weighted by atomic mass is 16.3. The van der Waals surface area contributed by atoms with Crippen LogP contribution in [0.3, 0.4) is 0 Å². The summed E-state index contributed by atoms with van der Waals surface area (Å²) in [5.74, 6) is -0.649. The van der Waals surface area contributed by atoms with Crippen LogP contribution in [-0.2, 0) is 0 Å². The predicted octanol–water partition coefficient (Wildman–Crippen LogP) is 2.90. The molecule has 1 aromatic heterocycles. The first-order valence-electron chi connectivity index (χ1n) is 5.79. The monoisotopic (exact) mass is 225 g/mol. The average Bonchev–Trinajstić information content (AvgIpc) is 2.58. The van der Waals surface area contributed by atoms with E-state index in [9.17, 15) is 15.0 Å². The molecule has 1 aromatic rings. The van der Waals surface area contributed by atoms with Gasteiger partial charge in [-0.05, 0) is 6.42 Å². The first kappa shape index (κ1) is 12.6. The molecule has 0 unspecified atom stereocenters. The summed E-state index contributed by atoms with van der Waals surface area (Å²) in [5.41, 5.74) is 0. The van der Waals surface area contributed by atoms with Gasteiger partial charge in [0.1, 0.15) is 0 Å². The molecule has 0 spiro atoms. The van der Waals surface area contributed by atoms with Gasteiger partial charge in [-0.25, -0.2) is 4.57 Å². The van der Waals surface area contributed by atoms with Crippen LogP contribution in [-0.4, -0.2) is 20.7 Å². The Hall–Kier alpha value is -1.45. The van der Waals surface area contributed by atoms with Crippen LogP contribution in [0.4, 0.5) is 0 Å². The number of carbonyl (C=O) groups is 1. The number of nitrogens with zero attached hydrogens (tertiary/aromatic N) is 1. The second kappa shape index (κ2) is 6.20. The number of aromatic nitrogens is 1. The maximum absolute atomic E-state index is 11.6. The van der Waals surface area contributed by atoms with Crippen molar-refractivity contribution < 1.29 is 15.0 Å². The molecule has 0 bridgehead atoms. The van der Waals surface area contributed by atoms with E-state index in [0.717, 1.165) is 23.8 Å². The van der Waals surface area contributed by atoms with Crippen LogP contribution in [0.5, 0.6) is 11.8 Å². The largest absolute Gasteiger partial charge is 0.494 e. The minimum atomic E-state index is -0.253. The molecule has 0 amide bonds. The fourth-order valence-electron chi connectivity index (χ4n) is 1.66. The van der Waals surface area contributed by atoms with Gasteiger partial charge in [0.15, 0.2) is 0 Å². The van der Waals surface area contributed by atoms with E-state index in [1.807, 2.05) is 0 Å². The Labute approximate surface area is 95.5 Å². The molecule has 0 saturated carbocycles. The third-order valence-electron chi connectivity index (χ3n) is 2.58. The number of unbranched alkanes of at least 4 members (excludes halogenated alkanes) is 4. The zero-order valence-electron chi connectivity index (χ0n) is 9.65. The van der Waals surface area contributed by atoms with Gasteiger partial charge in [-0.2, -0.15) is 0 Å². The lowest BCUT2D eigenvalue weighted by atomic mass is 10.1. The van der Waals surface area contributed by atoms with Gasteiger partial charge in [-0.15, -0.1) is 0 Å². The maximum atomic E-state index is 11.6. The summed E-state index contributed by atoms with van der Waals surface area (Å²) in [7, 11) is 0. The van der Waals surface area contributed by atoms with Crippen LogP contribution in [0.1, 0.15) is 50.2 Å². The normalized spacial score (nSPS) is 10.6. The van der Waals surface area contributed by atoms with E-state index in [2.05, 4.69) is 6.92 Å². The molecule has 0 saturated heterocycles. The van der Waals surface area contributed by atoms with Crippen molar-refractivity contribution in [2.24, 2.45) is 0 Å². The molecule has 0 aliphatic carbocycles. The van der Waals surface area contributed by atoms with Gasteiger partial charge in [0.25, 0.3) is 0 Å². The van der Waals surface area contributed by atoms with Gasteiger partial charge in [0.2, 0.25) is 17.7 Å². The number of rotatable bonds is 6. The lowest BCUT2D eigenvalue weighted by molar-refractivity contribution is 0.0880. The van der Waals surface area contributed by atoms with Crippen molar-refractivity contribution >= 4 is 5.91 Å². The molecule has 0 aromatic carbocycles. The first-order valence-corrected chi connectivity index (χ1v) is 5.79. The Morgan fingerprint density at radius 1 is 1.12 bits per heavy atom. The Kier molecular flexibility index (Phi) is 4.89. The lowest BCUT2D eigenvalue weighted by Gasteiger charge is -2.04. The van der Waals surface area contributed by atoms with E-state index in [0.29, 0.717) is 6.42 Å². The molecule has 90 valence electrons. The summed E-state index contributed by atoms with van der Waals surface area (Å²) in [6.07, 6.45) is 5.67. The van der Waals surface area contributed by atoms with Gasteiger partial charge < -0.3 is 10.2 Å². The van der Waals surface area contributed by atoms with Crippen molar-refractivity contribution in [2.75, 3.05) is 0 Å². The number of aromatic hydroxyl groups is 2. The third-order valence-corrected chi connectivity index (χ3v) is 2.58. The molecule has 0 aliphatic rings. The third kappa shape index (κ3) is 3.29. The van der Waals surface area contributed by atoms with Crippen LogP contribution in [0, 0.1) is 0 Å². The van der Waals surface area contributed by atoms with Crippen LogP contribution in [0.15, 0.2) is 12.1 Å². The van der Waals surface area contributed by atoms with E-state index in [4.69, 9.17) is 0 Å². The molecule has 1 heterocycles. The lowest BCUT2D eigenvalue weighted by Crippen LogP contribution is -2.08. The van der Waals surface area contributed by atoms with Crippen molar-refractivity contribution in [3.63, 3.8) is 0 Å². The van der Waals surface area contributed by atoms with E-state index >= 15 is 0 Å². The number of hydrogen-bond acceptors (Lipinski definition) is 3. The summed E-state index contributed by atoms with van der Waals surface area (Å²) in [6.45, 7) is 2.14. The second-order valence-electron chi connectivity index (χ2n) is 3.94. The average molecular weight is 225 g/mol. The fraction of sp³-hybridized carbons (Fsp3) is 0.583. The Morgan fingerprint density at radius 2 is 1.69 bits per heavy atom. The van der Waals surface area contributed by atoms with Crippen molar-refractivity contribution in [2.45, 2.75) is 45.4 Å². The summed E-state index contributed by atoms with van der Waals surface area (Å²) >= 11 is 0. The van der Waals surface area contributed by atoms with Crippen molar-refractivity contribution in [1.82, 2.24) is 4.57 Å². The van der Waals surface area contributed by atoms with Gasteiger partial charge >= 0.3 is 0 Å². The van der Waals surface area contributed by atoms with Crippen molar-refractivity contribution in [1.29, 1.82) is 0 Å². The van der Waals surface area contributed by atoms with E-state index < -0.39 is 0 Å². The Bertz CT molecular complexity index is 325. The molecule has 4 heteroatoms. The highest BCUT2D eigenvalue weighted by Gasteiger charge is 2.13. The molecule has 1 rings (SSSR count). The van der Waals surface area contributed by atoms with Crippen LogP contribution in [0.25, 0.3) is 0 Å². The molecule has 16 heavy (non-hydrogen) atoms. The topological polar surface area (TPSA) is 62.5 Å². The summed E-state index contributed by atoms with van der Waals surface area (Å²) in [5, 5.41) is 18.6. The molecule has 0 aliphatic heterocycles. The summed E-state index contributed by atoms with van der Waals surface area (Å²) in [4.78, 5) is 11.6. The van der Waals surface area contributed by atoms with E-state index in [1.54, 1.807) is 0 Å². The Balaban J connectivity index is 2.36. The van der Waals surface area contributed by atoms with E-state index in [-0.39, 0.29) is 17.7 Å². The second-order valence-corrected chi connectivity index (χ2v) is 3.94. The van der Waals surface area contributed by atoms with E-state index in [1.165, 1.54) is 25.0 Å². The molecule has 0 fully saturated rings. The molecular weight excluding hydrogens is 206 g/mol. The minimum absolute atomic E-state index is 0.198. The maximum Gasteiger partial charge on any atom is 0.236 e. The predicted molar refractivity (Wildman–Crippen MR) is 61.8 cm³/mol. The zero-order valence-corrected chi connectivity index (χ0v) is 9.65. The fourth-order valence-corrected chi connectivity index (χ4v) is 1.66. The minimum Gasteiger partial charge on any atom is -0.494 e. The standard InChI is InChI=1S/C12H19NO3/c1-2-3-4-5-6-7-10(14)13-11(15)8-9-12(13)16/h8-9,15-16H,2-7H2,1H3. The molecule has 2 N–H and O–H groups in total. The quantitative estimate of drug-likeness (QED) is 0.732. The van der Waals surface area contributed by atoms with Crippen molar-refractivity contribution in [3.05, 3.63) is 12.1 Å².